The lowest BCUT2D eigenvalue weighted by Gasteiger charge is -2.56. The standard InChI is InChI=1S/C22H35N4O2/c1-27-19-15-21(28-2)9-11-22(19,12-10-21)18-7-5-17(6-8-18)16-25-13-3-4-14-26-20(23)24/h5-8,13,19,25H,3-4,9-12,14-16H2,1-2H3,(H4,23,24,26)/t19-,21?,22?/m1/s1. The van der Waals surface area contributed by atoms with Crippen LogP contribution in [0.5, 0.6) is 0 Å². The maximum atomic E-state index is 7.12. The van der Waals surface area contributed by atoms with E-state index in [9.17, 15) is 0 Å². The maximum absolute atomic E-state index is 7.12. The molecule has 3 aliphatic carbocycles. The fourth-order valence-electron chi connectivity index (χ4n) is 4.96. The van der Waals surface area contributed by atoms with Crippen LogP contribution in [0.3, 0.4) is 0 Å². The summed E-state index contributed by atoms with van der Waals surface area (Å²) in [7, 11) is 3.69. The third-order valence-electron chi connectivity index (χ3n) is 6.76. The summed E-state index contributed by atoms with van der Waals surface area (Å²) in [6.07, 6.45) is 7.65. The Kier molecular flexibility index (Phi) is 6.96. The summed E-state index contributed by atoms with van der Waals surface area (Å²) >= 11 is 0. The van der Waals surface area contributed by atoms with E-state index < -0.39 is 0 Å². The van der Waals surface area contributed by atoms with Crippen LogP contribution in [0.2, 0.25) is 0 Å². The molecular formula is C22H35N4O2. The topological polar surface area (TPSA) is 92.4 Å². The molecule has 1 aromatic rings. The van der Waals surface area contributed by atoms with Gasteiger partial charge in [-0.25, -0.2) is 0 Å². The van der Waals surface area contributed by atoms with Crippen molar-refractivity contribution in [3.63, 3.8) is 0 Å². The zero-order valence-electron chi connectivity index (χ0n) is 17.2. The van der Waals surface area contributed by atoms with Gasteiger partial charge < -0.3 is 25.8 Å². The van der Waals surface area contributed by atoms with E-state index in [-0.39, 0.29) is 23.1 Å². The number of methoxy groups -OCH3 is 2. The number of nitrogens with one attached hydrogen (secondary N) is 3. The molecule has 1 radical (unpaired) electrons. The monoisotopic (exact) mass is 387 g/mol. The van der Waals surface area contributed by atoms with Crippen molar-refractivity contribution in [2.45, 2.75) is 68.6 Å². The highest BCUT2D eigenvalue weighted by Crippen LogP contribution is 2.55. The van der Waals surface area contributed by atoms with Crippen LogP contribution in [-0.2, 0) is 21.4 Å². The van der Waals surface area contributed by atoms with Crippen LogP contribution >= 0.6 is 0 Å². The molecule has 6 nitrogen and oxygen atoms in total. The van der Waals surface area contributed by atoms with Gasteiger partial charge in [0.05, 0.1) is 11.7 Å². The Labute approximate surface area is 169 Å². The Bertz CT molecular complexity index is 638. The second-order valence-electron chi connectivity index (χ2n) is 8.24. The van der Waals surface area contributed by atoms with Gasteiger partial charge in [0.1, 0.15) is 0 Å². The SMILES string of the molecule is CO[C@@H]1CC2(OC)CCC1(c1ccc(CN[CH]CCCNC(=N)N)cc1)CC2. The van der Waals surface area contributed by atoms with Crippen molar-refractivity contribution in [2.24, 2.45) is 5.73 Å². The zero-order valence-corrected chi connectivity index (χ0v) is 17.2. The molecule has 0 unspecified atom stereocenters. The molecule has 0 amide bonds. The van der Waals surface area contributed by atoms with E-state index in [1.807, 2.05) is 14.2 Å². The Balaban J connectivity index is 1.51. The van der Waals surface area contributed by atoms with Gasteiger partial charge in [-0.05, 0) is 49.7 Å². The second kappa shape index (κ2) is 9.25. The molecule has 5 N–H and O–H groups in total. The van der Waals surface area contributed by atoms with Crippen LogP contribution in [0.15, 0.2) is 24.3 Å². The van der Waals surface area contributed by atoms with Crippen LogP contribution in [0.4, 0.5) is 0 Å². The number of ether oxygens (including phenoxy) is 2. The number of unbranched alkanes of at least 4 members (excludes halogenated alkanes) is 1. The molecule has 4 rings (SSSR count). The van der Waals surface area contributed by atoms with Crippen molar-refractivity contribution in [2.75, 3.05) is 20.8 Å². The number of hydrogen-bond acceptors (Lipinski definition) is 4. The molecule has 3 fully saturated rings. The Morgan fingerprint density at radius 2 is 1.93 bits per heavy atom. The Morgan fingerprint density at radius 1 is 1.21 bits per heavy atom. The first-order valence-corrected chi connectivity index (χ1v) is 10.3. The Hall–Kier alpha value is -1.63. The molecule has 0 spiro atoms. The molecule has 0 aromatic heterocycles. The minimum atomic E-state index is 0.0298. The molecule has 0 saturated heterocycles. The van der Waals surface area contributed by atoms with E-state index in [0.29, 0.717) is 0 Å². The van der Waals surface area contributed by atoms with Crippen molar-refractivity contribution < 1.29 is 9.47 Å². The highest BCUT2D eigenvalue weighted by atomic mass is 16.5. The van der Waals surface area contributed by atoms with Gasteiger partial charge in [-0.2, -0.15) is 0 Å². The minimum absolute atomic E-state index is 0.0298. The summed E-state index contributed by atoms with van der Waals surface area (Å²) in [6.45, 7) is 3.64. The van der Waals surface area contributed by atoms with Gasteiger partial charge in [0.2, 0.25) is 0 Å². The van der Waals surface area contributed by atoms with Gasteiger partial charge in [-0.3, -0.25) is 5.41 Å². The molecule has 1 aromatic carbocycles. The average molecular weight is 388 g/mol. The van der Waals surface area contributed by atoms with E-state index in [4.69, 9.17) is 20.6 Å². The van der Waals surface area contributed by atoms with Gasteiger partial charge in [0.15, 0.2) is 5.96 Å². The quantitative estimate of drug-likeness (QED) is 0.281. The smallest absolute Gasteiger partial charge is 0.185 e. The molecule has 2 bridgehead atoms. The molecule has 1 atom stereocenters. The van der Waals surface area contributed by atoms with Crippen molar-refractivity contribution in [1.82, 2.24) is 10.6 Å². The molecule has 3 saturated carbocycles. The lowest BCUT2D eigenvalue weighted by atomic mass is 9.54. The molecule has 28 heavy (non-hydrogen) atoms. The summed E-state index contributed by atoms with van der Waals surface area (Å²) in [5.74, 6) is 0.0343. The number of fused-ring (bicyclic) bond motifs is 3. The minimum Gasteiger partial charge on any atom is -0.380 e. The lowest BCUT2D eigenvalue weighted by Crippen LogP contribution is -2.58. The predicted molar refractivity (Wildman–Crippen MR) is 112 cm³/mol. The first-order chi connectivity index (χ1) is 13.5. The van der Waals surface area contributed by atoms with E-state index in [0.717, 1.165) is 58.0 Å². The summed E-state index contributed by atoms with van der Waals surface area (Å²) in [5.41, 5.74) is 8.12. The third-order valence-corrected chi connectivity index (χ3v) is 6.76. The van der Waals surface area contributed by atoms with Crippen LogP contribution in [-0.4, -0.2) is 38.4 Å². The summed E-state index contributed by atoms with van der Waals surface area (Å²) in [6, 6.07) is 9.07. The highest BCUT2D eigenvalue weighted by molar-refractivity contribution is 5.74. The second-order valence-corrected chi connectivity index (χ2v) is 8.24. The van der Waals surface area contributed by atoms with Crippen LogP contribution < -0.4 is 16.4 Å². The zero-order chi connectivity index (χ0) is 20.0. The summed E-state index contributed by atoms with van der Waals surface area (Å²) in [4.78, 5) is 0. The van der Waals surface area contributed by atoms with E-state index in [1.165, 1.54) is 11.1 Å². The van der Waals surface area contributed by atoms with E-state index in [1.54, 1.807) is 0 Å². The largest absolute Gasteiger partial charge is 0.380 e. The van der Waals surface area contributed by atoms with Crippen molar-refractivity contribution >= 4 is 5.96 Å². The Morgan fingerprint density at radius 3 is 2.54 bits per heavy atom. The van der Waals surface area contributed by atoms with E-state index in [2.05, 4.69) is 41.4 Å². The number of rotatable bonds is 10. The molecule has 6 heteroatoms. The van der Waals surface area contributed by atoms with Crippen LogP contribution in [0.25, 0.3) is 0 Å². The highest BCUT2D eigenvalue weighted by Gasteiger charge is 2.55. The van der Waals surface area contributed by atoms with Crippen LogP contribution in [0.1, 0.15) is 56.1 Å². The maximum Gasteiger partial charge on any atom is 0.185 e. The molecular weight excluding hydrogens is 352 g/mol. The van der Waals surface area contributed by atoms with E-state index >= 15 is 0 Å². The fraction of sp³-hybridized carbons (Fsp3) is 0.636. The van der Waals surface area contributed by atoms with Crippen LogP contribution in [0, 0.1) is 12.0 Å². The van der Waals surface area contributed by atoms with Gasteiger partial charge in [-0.15, -0.1) is 0 Å². The number of benzene rings is 1. The molecule has 0 heterocycles. The van der Waals surface area contributed by atoms with Gasteiger partial charge in [0, 0.05) is 45.7 Å². The average Bonchev–Trinajstić information content (AvgIpc) is 2.74. The lowest BCUT2D eigenvalue weighted by molar-refractivity contribution is -0.157. The normalized spacial score (nSPS) is 29.0. The molecule has 3 aliphatic rings. The first kappa shape index (κ1) is 21.1. The molecule has 0 aliphatic heterocycles. The molecule has 155 valence electrons. The predicted octanol–water partition coefficient (Wildman–Crippen LogP) is 2.82. The summed E-state index contributed by atoms with van der Waals surface area (Å²) in [5, 5.41) is 13.3. The number of nitrogens with two attached hydrogens (primary N) is 1. The van der Waals surface area contributed by atoms with Gasteiger partial charge in [-0.1, -0.05) is 24.3 Å². The van der Waals surface area contributed by atoms with Crippen molar-refractivity contribution in [1.29, 1.82) is 5.41 Å². The number of guanidine groups is 1. The van der Waals surface area contributed by atoms with Gasteiger partial charge in [0.25, 0.3) is 0 Å². The van der Waals surface area contributed by atoms with Gasteiger partial charge >= 0.3 is 0 Å². The van der Waals surface area contributed by atoms with Crippen molar-refractivity contribution in [3.8, 4) is 0 Å². The number of hydrogen-bond donors (Lipinski definition) is 4. The third kappa shape index (κ3) is 4.50. The summed E-state index contributed by atoms with van der Waals surface area (Å²) < 4.78 is 11.8. The fourth-order valence-corrected chi connectivity index (χ4v) is 4.96. The van der Waals surface area contributed by atoms with Crippen molar-refractivity contribution in [3.05, 3.63) is 41.9 Å². The first-order valence-electron chi connectivity index (χ1n) is 10.3.